The number of hydrogen-bond acceptors (Lipinski definition) is 4. The second-order valence-corrected chi connectivity index (χ2v) is 6.89. The molecule has 7 nitrogen and oxygen atoms in total. The Morgan fingerprint density at radius 3 is 2.12 bits per heavy atom. The van der Waals surface area contributed by atoms with Gasteiger partial charge in [0.2, 0.25) is 5.91 Å². The van der Waals surface area contributed by atoms with Gasteiger partial charge in [0.15, 0.2) is 0 Å². The van der Waals surface area contributed by atoms with Crippen molar-refractivity contribution in [1.82, 2.24) is 15.5 Å². The molecule has 1 aliphatic heterocycles. The lowest BCUT2D eigenvalue weighted by atomic mass is 9.96. The fourth-order valence-corrected chi connectivity index (χ4v) is 2.31. The summed E-state index contributed by atoms with van der Waals surface area (Å²) in [4.78, 5) is 35.0. The molecule has 0 saturated carbocycles. The van der Waals surface area contributed by atoms with Crippen LogP contribution in [0.4, 0.5) is 18.0 Å². The van der Waals surface area contributed by atoms with Crippen molar-refractivity contribution in [2.45, 2.75) is 45.4 Å². The first-order valence-electron chi connectivity index (χ1n) is 7.98. The third-order valence-electron chi connectivity index (χ3n) is 3.52. The minimum absolute atomic E-state index is 0.00897. The molecular formula is C15H24F3N3O4. The Morgan fingerprint density at radius 2 is 1.64 bits per heavy atom. The van der Waals surface area contributed by atoms with E-state index in [1.807, 2.05) is 0 Å². The Balaban J connectivity index is 2.24. The highest BCUT2D eigenvalue weighted by Gasteiger charge is 2.43. The van der Waals surface area contributed by atoms with Gasteiger partial charge in [-0.15, -0.1) is 0 Å². The number of carbonyl (C=O) groups is 3. The molecule has 0 spiro atoms. The van der Waals surface area contributed by atoms with Crippen molar-refractivity contribution in [2.24, 2.45) is 5.92 Å². The molecule has 25 heavy (non-hydrogen) atoms. The summed E-state index contributed by atoms with van der Waals surface area (Å²) < 4.78 is 42.0. The van der Waals surface area contributed by atoms with E-state index in [2.05, 4.69) is 10.6 Å². The van der Waals surface area contributed by atoms with Crippen LogP contribution in [0.15, 0.2) is 0 Å². The number of nitrogens with one attached hydrogen (secondary N) is 2. The highest BCUT2D eigenvalue weighted by Crippen LogP contribution is 2.23. The van der Waals surface area contributed by atoms with Gasteiger partial charge in [-0.25, -0.2) is 4.79 Å². The number of rotatable bonds is 4. The Labute approximate surface area is 144 Å². The number of amides is 3. The molecule has 1 fully saturated rings. The Kier molecular flexibility index (Phi) is 7.06. The van der Waals surface area contributed by atoms with Gasteiger partial charge >= 0.3 is 18.2 Å². The van der Waals surface area contributed by atoms with Crippen molar-refractivity contribution in [2.75, 3.05) is 26.2 Å². The lowest BCUT2D eigenvalue weighted by molar-refractivity contribution is -0.186. The van der Waals surface area contributed by atoms with Gasteiger partial charge < -0.3 is 20.3 Å². The molecule has 0 aromatic heterocycles. The average molecular weight is 367 g/mol. The SMILES string of the molecule is CC(C)(C)OC(=O)NCC(=O)NCC1CCN(C(=O)C(F)(F)F)CC1. The van der Waals surface area contributed by atoms with Crippen LogP contribution < -0.4 is 10.6 Å². The van der Waals surface area contributed by atoms with E-state index in [9.17, 15) is 27.6 Å². The summed E-state index contributed by atoms with van der Waals surface area (Å²) in [7, 11) is 0. The number of carbonyl (C=O) groups excluding carboxylic acids is 3. The van der Waals surface area contributed by atoms with E-state index < -0.39 is 29.7 Å². The molecule has 0 atom stereocenters. The summed E-state index contributed by atoms with van der Waals surface area (Å²) in [5, 5.41) is 4.92. The zero-order valence-electron chi connectivity index (χ0n) is 14.5. The van der Waals surface area contributed by atoms with E-state index in [-0.39, 0.29) is 32.1 Å². The maximum absolute atomic E-state index is 12.3. The van der Waals surface area contributed by atoms with E-state index in [1.54, 1.807) is 20.8 Å². The van der Waals surface area contributed by atoms with Gasteiger partial charge in [0, 0.05) is 19.6 Å². The highest BCUT2D eigenvalue weighted by molar-refractivity contribution is 5.82. The lowest BCUT2D eigenvalue weighted by Crippen LogP contribution is -2.47. The molecule has 1 aliphatic rings. The second kappa shape index (κ2) is 8.39. The van der Waals surface area contributed by atoms with E-state index >= 15 is 0 Å². The molecule has 2 N–H and O–H groups in total. The largest absolute Gasteiger partial charge is 0.471 e. The molecule has 0 aliphatic carbocycles. The van der Waals surface area contributed by atoms with Crippen molar-refractivity contribution < 1.29 is 32.3 Å². The molecular weight excluding hydrogens is 343 g/mol. The second-order valence-electron chi connectivity index (χ2n) is 6.89. The molecule has 0 unspecified atom stereocenters. The summed E-state index contributed by atoms with van der Waals surface area (Å²) in [6.07, 6.45) is -4.81. The van der Waals surface area contributed by atoms with Gasteiger partial charge in [-0.2, -0.15) is 13.2 Å². The zero-order chi connectivity index (χ0) is 19.3. The first kappa shape index (κ1) is 21.0. The average Bonchev–Trinajstić information content (AvgIpc) is 2.48. The van der Waals surface area contributed by atoms with Crippen LogP contribution in [-0.2, 0) is 14.3 Å². The summed E-state index contributed by atoms with van der Waals surface area (Å²) in [5.74, 6) is -2.25. The van der Waals surface area contributed by atoms with Crippen molar-refractivity contribution in [3.63, 3.8) is 0 Å². The summed E-state index contributed by atoms with van der Waals surface area (Å²) in [5.41, 5.74) is -0.664. The maximum atomic E-state index is 12.3. The van der Waals surface area contributed by atoms with E-state index in [1.165, 1.54) is 0 Å². The summed E-state index contributed by atoms with van der Waals surface area (Å²) >= 11 is 0. The zero-order valence-corrected chi connectivity index (χ0v) is 14.5. The van der Waals surface area contributed by atoms with E-state index in [0.29, 0.717) is 12.8 Å². The molecule has 1 rings (SSSR count). The quantitative estimate of drug-likeness (QED) is 0.787. The highest BCUT2D eigenvalue weighted by atomic mass is 19.4. The fourth-order valence-electron chi connectivity index (χ4n) is 2.31. The van der Waals surface area contributed by atoms with Crippen LogP contribution in [0.1, 0.15) is 33.6 Å². The molecule has 0 aromatic rings. The van der Waals surface area contributed by atoms with Crippen LogP contribution in [0.25, 0.3) is 0 Å². The molecule has 0 aromatic carbocycles. The smallest absolute Gasteiger partial charge is 0.444 e. The Hall–Kier alpha value is -2.00. The predicted octanol–water partition coefficient (Wildman–Crippen LogP) is 1.43. The number of hydrogen-bond donors (Lipinski definition) is 2. The predicted molar refractivity (Wildman–Crippen MR) is 82.6 cm³/mol. The Morgan fingerprint density at radius 1 is 1.08 bits per heavy atom. The molecule has 10 heteroatoms. The van der Waals surface area contributed by atoms with Crippen LogP contribution in [0.5, 0.6) is 0 Å². The van der Waals surface area contributed by atoms with Gasteiger partial charge in [-0.05, 0) is 39.5 Å². The Bertz CT molecular complexity index is 495. The topological polar surface area (TPSA) is 87.7 Å². The van der Waals surface area contributed by atoms with Gasteiger partial charge in [0.1, 0.15) is 5.60 Å². The number of ether oxygens (including phenoxy) is 1. The molecule has 0 bridgehead atoms. The third-order valence-corrected chi connectivity index (χ3v) is 3.52. The van der Waals surface area contributed by atoms with E-state index in [4.69, 9.17) is 4.74 Å². The summed E-state index contributed by atoms with van der Waals surface area (Å²) in [6.45, 7) is 5.14. The first-order valence-corrected chi connectivity index (χ1v) is 7.98. The number of likely N-dealkylation sites (tertiary alicyclic amines) is 1. The van der Waals surface area contributed by atoms with Crippen LogP contribution in [0.3, 0.4) is 0 Å². The lowest BCUT2D eigenvalue weighted by Gasteiger charge is -2.32. The van der Waals surface area contributed by atoms with Gasteiger partial charge in [-0.3, -0.25) is 9.59 Å². The maximum Gasteiger partial charge on any atom is 0.471 e. The number of alkyl carbamates (subject to hydrolysis) is 1. The van der Waals surface area contributed by atoms with Crippen LogP contribution in [-0.4, -0.2) is 60.8 Å². The van der Waals surface area contributed by atoms with Crippen molar-refractivity contribution in [3.8, 4) is 0 Å². The monoisotopic (exact) mass is 367 g/mol. The van der Waals surface area contributed by atoms with Crippen molar-refractivity contribution in [3.05, 3.63) is 0 Å². The normalized spacial score (nSPS) is 16.3. The number of nitrogens with zero attached hydrogens (tertiary/aromatic N) is 1. The van der Waals surface area contributed by atoms with Gasteiger partial charge in [0.05, 0.1) is 6.54 Å². The standard InChI is InChI=1S/C15H24F3N3O4/c1-14(2,3)25-13(24)20-9-11(22)19-8-10-4-6-21(7-5-10)12(23)15(16,17)18/h10H,4-9H2,1-3H3,(H,19,22)(H,20,24). The molecule has 3 amide bonds. The molecule has 144 valence electrons. The number of alkyl halides is 3. The van der Waals surface area contributed by atoms with Crippen LogP contribution >= 0.6 is 0 Å². The number of piperidine rings is 1. The minimum Gasteiger partial charge on any atom is -0.444 e. The van der Waals surface area contributed by atoms with Crippen molar-refractivity contribution >= 4 is 17.9 Å². The number of halogens is 3. The van der Waals surface area contributed by atoms with Crippen LogP contribution in [0.2, 0.25) is 0 Å². The molecule has 1 heterocycles. The molecule has 0 radical (unpaired) electrons. The van der Waals surface area contributed by atoms with Crippen LogP contribution in [0, 0.1) is 5.92 Å². The first-order chi connectivity index (χ1) is 11.4. The third kappa shape index (κ3) is 8.08. The van der Waals surface area contributed by atoms with Gasteiger partial charge in [0.25, 0.3) is 0 Å². The van der Waals surface area contributed by atoms with Gasteiger partial charge in [-0.1, -0.05) is 0 Å². The van der Waals surface area contributed by atoms with E-state index in [0.717, 1.165) is 4.90 Å². The summed E-state index contributed by atoms with van der Waals surface area (Å²) in [6, 6.07) is 0. The minimum atomic E-state index is -4.85. The molecule has 1 saturated heterocycles. The fraction of sp³-hybridized carbons (Fsp3) is 0.800. The van der Waals surface area contributed by atoms with Crippen molar-refractivity contribution in [1.29, 1.82) is 0 Å².